The van der Waals surface area contributed by atoms with E-state index in [1.807, 2.05) is 19.1 Å². The van der Waals surface area contributed by atoms with Gasteiger partial charge >= 0.3 is 0 Å². The molecule has 96 valence electrons. The van der Waals surface area contributed by atoms with Crippen LogP contribution in [0.15, 0.2) is 24.4 Å². The lowest BCUT2D eigenvalue weighted by molar-refractivity contribution is 0.207. The van der Waals surface area contributed by atoms with E-state index in [0.717, 1.165) is 24.1 Å². The van der Waals surface area contributed by atoms with Crippen LogP contribution in [0.4, 0.5) is 0 Å². The molecule has 0 aliphatic rings. The number of aryl methyl sites for hydroxylation is 2. The van der Waals surface area contributed by atoms with Crippen molar-refractivity contribution in [3.05, 3.63) is 46.2 Å². The minimum atomic E-state index is -0.746. The zero-order chi connectivity index (χ0) is 13.1. The third-order valence-corrected chi connectivity index (χ3v) is 3.28. The molecule has 0 saturated carbocycles. The molecular formula is C13H16ClN3O. The lowest BCUT2D eigenvalue weighted by Crippen LogP contribution is -2.10. The van der Waals surface area contributed by atoms with Crippen molar-refractivity contribution in [3.63, 3.8) is 0 Å². The zero-order valence-corrected chi connectivity index (χ0v) is 11.2. The van der Waals surface area contributed by atoms with E-state index < -0.39 is 6.10 Å². The number of aliphatic hydroxyl groups excluding tert-OH is 1. The first-order valence-corrected chi connectivity index (χ1v) is 6.33. The van der Waals surface area contributed by atoms with Crippen molar-refractivity contribution in [2.24, 2.45) is 0 Å². The summed E-state index contributed by atoms with van der Waals surface area (Å²) in [7, 11) is 0. The van der Waals surface area contributed by atoms with Crippen molar-refractivity contribution in [1.82, 2.24) is 15.0 Å². The number of benzene rings is 1. The van der Waals surface area contributed by atoms with Crippen molar-refractivity contribution >= 4 is 11.6 Å². The van der Waals surface area contributed by atoms with Gasteiger partial charge in [0.1, 0.15) is 6.10 Å². The Morgan fingerprint density at radius 3 is 2.89 bits per heavy atom. The van der Waals surface area contributed by atoms with Crippen molar-refractivity contribution in [2.45, 2.75) is 32.9 Å². The van der Waals surface area contributed by atoms with Crippen LogP contribution in [0.1, 0.15) is 36.3 Å². The second-order valence-electron chi connectivity index (χ2n) is 4.29. The van der Waals surface area contributed by atoms with Crippen LogP contribution >= 0.6 is 11.6 Å². The standard InChI is InChI=1S/C13H16ClN3O/c1-3-6-17-12(8-15-16-17)13(18)10-5-4-9(2)11(14)7-10/h4-5,7-8,13,18H,3,6H2,1-2H3. The molecule has 0 aliphatic carbocycles. The van der Waals surface area contributed by atoms with Crippen LogP contribution in [-0.2, 0) is 6.54 Å². The van der Waals surface area contributed by atoms with E-state index in [2.05, 4.69) is 17.2 Å². The smallest absolute Gasteiger partial charge is 0.122 e. The Morgan fingerprint density at radius 2 is 2.22 bits per heavy atom. The van der Waals surface area contributed by atoms with Gasteiger partial charge in [-0.1, -0.05) is 35.9 Å². The van der Waals surface area contributed by atoms with Crippen LogP contribution < -0.4 is 0 Å². The fraction of sp³-hybridized carbons (Fsp3) is 0.385. The molecule has 1 aromatic carbocycles. The Morgan fingerprint density at radius 1 is 1.44 bits per heavy atom. The van der Waals surface area contributed by atoms with E-state index in [9.17, 15) is 5.11 Å². The molecule has 1 aromatic heterocycles. The quantitative estimate of drug-likeness (QED) is 0.925. The maximum atomic E-state index is 10.3. The van der Waals surface area contributed by atoms with Crippen LogP contribution in [0.5, 0.6) is 0 Å². The highest BCUT2D eigenvalue weighted by Gasteiger charge is 2.16. The van der Waals surface area contributed by atoms with Gasteiger partial charge in [-0.15, -0.1) is 5.10 Å². The lowest BCUT2D eigenvalue weighted by atomic mass is 10.1. The summed E-state index contributed by atoms with van der Waals surface area (Å²) in [5.41, 5.74) is 2.44. The Labute approximate surface area is 111 Å². The molecule has 1 N–H and O–H groups in total. The summed E-state index contributed by atoms with van der Waals surface area (Å²) in [6.07, 6.45) is 1.79. The number of hydrogen-bond donors (Lipinski definition) is 1. The van der Waals surface area contributed by atoms with Gasteiger partial charge in [0.15, 0.2) is 0 Å². The monoisotopic (exact) mass is 265 g/mol. The Kier molecular flexibility index (Phi) is 3.99. The zero-order valence-electron chi connectivity index (χ0n) is 10.5. The first-order chi connectivity index (χ1) is 8.63. The highest BCUT2D eigenvalue weighted by molar-refractivity contribution is 6.31. The minimum absolute atomic E-state index is 0.654. The van der Waals surface area contributed by atoms with Gasteiger partial charge in [0, 0.05) is 11.6 Å². The summed E-state index contributed by atoms with van der Waals surface area (Å²) in [4.78, 5) is 0. The molecule has 18 heavy (non-hydrogen) atoms. The van der Waals surface area contributed by atoms with E-state index in [-0.39, 0.29) is 0 Å². The Hall–Kier alpha value is -1.39. The average Bonchev–Trinajstić information content (AvgIpc) is 2.80. The summed E-state index contributed by atoms with van der Waals surface area (Å²) < 4.78 is 1.72. The van der Waals surface area contributed by atoms with Crippen LogP contribution in [0.25, 0.3) is 0 Å². The summed E-state index contributed by atoms with van der Waals surface area (Å²) in [5.74, 6) is 0. The normalized spacial score (nSPS) is 12.7. The molecule has 2 rings (SSSR count). The van der Waals surface area contributed by atoms with Crippen LogP contribution in [0, 0.1) is 6.92 Å². The van der Waals surface area contributed by atoms with Gasteiger partial charge in [0.2, 0.25) is 0 Å². The average molecular weight is 266 g/mol. The molecule has 0 radical (unpaired) electrons. The van der Waals surface area contributed by atoms with Crippen molar-refractivity contribution in [1.29, 1.82) is 0 Å². The van der Waals surface area contributed by atoms with Crippen LogP contribution in [-0.4, -0.2) is 20.1 Å². The van der Waals surface area contributed by atoms with Gasteiger partial charge in [0.25, 0.3) is 0 Å². The summed E-state index contributed by atoms with van der Waals surface area (Å²) >= 11 is 6.07. The molecule has 0 amide bonds. The van der Waals surface area contributed by atoms with E-state index in [0.29, 0.717) is 10.7 Å². The molecule has 1 heterocycles. The van der Waals surface area contributed by atoms with Gasteiger partial charge in [-0.2, -0.15) is 0 Å². The highest BCUT2D eigenvalue weighted by Crippen LogP contribution is 2.25. The van der Waals surface area contributed by atoms with E-state index in [4.69, 9.17) is 11.6 Å². The molecule has 4 nitrogen and oxygen atoms in total. The number of hydrogen-bond acceptors (Lipinski definition) is 3. The summed E-state index contributed by atoms with van der Waals surface area (Å²) in [5, 5.41) is 18.8. The maximum Gasteiger partial charge on any atom is 0.122 e. The third kappa shape index (κ3) is 2.54. The maximum absolute atomic E-state index is 10.3. The molecule has 0 saturated heterocycles. The van der Waals surface area contributed by atoms with Gasteiger partial charge in [-0.05, 0) is 30.5 Å². The first-order valence-electron chi connectivity index (χ1n) is 5.96. The van der Waals surface area contributed by atoms with Crippen LogP contribution in [0.3, 0.4) is 0 Å². The molecule has 0 spiro atoms. The topological polar surface area (TPSA) is 50.9 Å². The Bertz CT molecular complexity index is 539. The van der Waals surface area contributed by atoms with Gasteiger partial charge in [-0.25, -0.2) is 4.68 Å². The predicted molar refractivity (Wildman–Crippen MR) is 70.6 cm³/mol. The molecule has 1 unspecified atom stereocenters. The van der Waals surface area contributed by atoms with E-state index in [1.54, 1.807) is 16.9 Å². The fourth-order valence-electron chi connectivity index (χ4n) is 1.81. The Balaban J connectivity index is 2.32. The molecule has 0 fully saturated rings. The number of aromatic nitrogens is 3. The number of rotatable bonds is 4. The molecule has 0 aliphatic heterocycles. The largest absolute Gasteiger partial charge is 0.382 e. The van der Waals surface area contributed by atoms with E-state index >= 15 is 0 Å². The van der Waals surface area contributed by atoms with E-state index in [1.165, 1.54) is 0 Å². The number of halogens is 1. The van der Waals surface area contributed by atoms with Gasteiger partial charge in [0.05, 0.1) is 11.9 Å². The van der Waals surface area contributed by atoms with Crippen LogP contribution in [0.2, 0.25) is 5.02 Å². The summed E-state index contributed by atoms with van der Waals surface area (Å²) in [6, 6.07) is 5.55. The second-order valence-corrected chi connectivity index (χ2v) is 4.70. The number of nitrogens with zero attached hydrogens (tertiary/aromatic N) is 3. The van der Waals surface area contributed by atoms with Crippen molar-refractivity contribution in [3.8, 4) is 0 Å². The minimum Gasteiger partial charge on any atom is -0.382 e. The molecule has 0 bridgehead atoms. The first kappa shape index (κ1) is 13.1. The van der Waals surface area contributed by atoms with Gasteiger partial charge in [-0.3, -0.25) is 0 Å². The fourth-order valence-corrected chi connectivity index (χ4v) is 2.00. The molecule has 1 atom stereocenters. The number of aliphatic hydroxyl groups is 1. The van der Waals surface area contributed by atoms with Crippen molar-refractivity contribution < 1.29 is 5.11 Å². The third-order valence-electron chi connectivity index (χ3n) is 2.87. The van der Waals surface area contributed by atoms with Crippen molar-refractivity contribution in [2.75, 3.05) is 0 Å². The SMILES string of the molecule is CCCn1nncc1C(O)c1ccc(C)c(Cl)c1. The molecule has 5 heteroatoms. The predicted octanol–water partition coefficient (Wildman–Crippen LogP) is 2.73. The van der Waals surface area contributed by atoms with Gasteiger partial charge < -0.3 is 5.11 Å². The lowest BCUT2D eigenvalue weighted by Gasteiger charge is -2.13. The summed E-state index contributed by atoms with van der Waals surface area (Å²) in [6.45, 7) is 4.73. The highest BCUT2D eigenvalue weighted by atomic mass is 35.5. The molecular weight excluding hydrogens is 250 g/mol. The molecule has 2 aromatic rings. The second kappa shape index (κ2) is 5.50.